The van der Waals surface area contributed by atoms with E-state index < -0.39 is 0 Å². The van der Waals surface area contributed by atoms with Gasteiger partial charge >= 0.3 is 0 Å². The SMILES string of the molecule is Cn1c(CO)nnc1C1CCCN(Cc2ccc(Cl)c(Cl)c2)C1. The van der Waals surface area contributed by atoms with E-state index in [1.54, 1.807) is 0 Å². The maximum atomic E-state index is 9.27. The lowest BCUT2D eigenvalue weighted by atomic mass is 9.96. The molecular weight excluding hydrogens is 335 g/mol. The summed E-state index contributed by atoms with van der Waals surface area (Å²) in [5, 5.41) is 18.8. The van der Waals surface area contributed by atoms with E-state index >= 15 is 0 Å². The Balaban J connectivity index is 1.70. The number of nitrogens with zero attached hydrogens (tertiary/aromatic N) is 4. The second-order valence-electron chi connectivity index (χ2n) is 6.01. The van der Waals surface area contributed by atoms with Gasteiger partial charge in [-0.1, -0.05) is 29.3 Å². The Bertz CT molecular complexity index is 689. The summed E-state index contributed by atoms with van der Waals surface area (Å²) in [5.41, 5.74) is 1.16. The number of hydrogen-bond donors (Lipinski definition) is 1. The van der Waals surface area contributed by atoms with Crippen molar-refractivity contribution < 1.29 is 5.11 Å². The normalized spacial score (nSPS) is 19.2. The number of aromatic nitrogens is 3. The molecule has 124 valence electrons. The van der Waals surface area contributed by atoms with Crippen LogP contribution in [0.2, 0.25) is 10.0 Å². The number of hydrogen-bond acceptors (Lipinski definition) is 4. The van der Waals surface area contributed by atoms with Crippen molar-refractivity contribution in [3.63, 3.8) is 0 Å². The van der Waals surface area contributed by atoms with E-state index in [4.69, 9.17) is 23.2 Å². The molecule has 1 aliphatic rings. The average Bonchev–Trinajstić information content (AvgIpc) is 2.92. The quantitative estimate of drug-likeness (QED) is 0.916. The molecule has 1 aromatic heterocycles. The maximum absolute atomic E-state index is 9.27. The van der Waals surface area contributed by atoms with Crippen LogP contribution in [-0.2, 0) is 20.2 Å². The highest BCUT2D eigenvalue weighted by atomic mass is 35.5. The molecule has 0 spiro atoms. The Morgan fingerprint density at radius 2 is 2.09 bits per heavy atom. The molecule has 3 rings (SSSR count). The number of benzene rings is 1. The third-order valence-electron chi connectivity index (χ3n) is 4.40. The summed E-state index contributed by atoms with van der Waals surface area (Å²) in [4.78, 5) is 2.40. The molecule has 5 nitrogen and oxygen atoms in total. The minimum absolute atomic E-state index is 0.0802. The fraction of sp³-hybridized carbons (Fsp3) is 0.500. The zero-order valence-corrected chi connectivity index (χ0v) is 14.6. The van der Waals surface area contributed by atoms with Crippen LogP contribution in [-0.4, -0.2) is 37.9 Å². The molecule has 1 atom stereocenters. The average molecular weight is 355 g/mol. The third kappa shape index (κ3) is 3.69. The van der Waals surface area contributed by atoms with Crippen molar-refractivity contribution in [3.8, 4) is 0 Å². The lowest BCUT2D eigenvalue weighted by Gasteiger charge is -2.32. The molecule has 2 aromatic rings. The lowest BCUT2D eigenvalue weighted by Crippen LogP contribution is -2.34. The minimum atomic E-state index is -0.0802. The number of likely N-dealkylation sites (tertiary alicyclic amines) is 1. The second-order valence-corrected chi connectivity index (χ2v) is 6.83. The molecule has 0 saturated carbocycles. The fourth-order valence-corrected chi connectivity index (χ4v) is 3.50. The number of halogens is 2. The minimum Gasteiger partial charge on any atom is -0.388 e. The Hall–Kier alpha value is -1.14. The van der Waals surface area contributed by atoms with Gasteiger partial charge in [-0.15, -0.1) is 10.2 Å². The van der Waals surface area contributed by atoms with Crippen LogP contribution in [0.4, 0.5) is 0 Å². The van der Waals surface area contributed by atoms with Crippen molar-refractivity contribution in [2.45, 2.75) is 31.9 Å². The van der Waals surface area contributed by atoms with Crippen LogP contribution < -0.4 is 0 Å². The first-order valence-corrected chi connectivity index (χ1v) is 8.49. The molecule has 0 amide bonds. The number of rotatable bonds is 4. The van der Waals surface area contributed by atoms with E-state index in [-0.39, 0.29) is 6.61 Å². The van der Waals surface area contributed by atoms with Gasteiger partial charge in [-0.05, 0) is 37.1 Å². The Morgan fingerprint density at radius 1 is 1.26 bits per heavy atom. The monoisotopic (exact) mass is 354 g/mol. The molecule has 0 bridgehead atoms. The van der Waals surface area contributed by atoms with Gasteiger partial charge in [0.05, 0.1) is 10.0 Å². The van der Waals surface area contributed by atoms with Crippen LogP contribution in [0.1, 0.15) is 36.0 Å². The van der Waals surface area contributed by atoms with E-state index in [2.05, 4.69) is 15.1 Å². The van der Waals surface area contributed by atoms with Crippen LogP contribution in [0.25, 0.3) is 0 Å². The summed E-state index contributed by atoms with van der Waals surface area (Å²) in [6, 6.07) is 5.79. The van der Waals surface area contributed by atoms with Crippen molar-refractivity contribution >= 4 is 23.2 Å². The molecule has 0 radical (unpaired) electrons. The van der Waals surface area contributed by atoms with Gasteiger partial charge in [0.15, 0.2) is 5.82 Å². The molecular formula is C16H20Cl2N4O. The summed E-state index contributed by atoms with van der Waals surface area (Å²) >= 11 is 12.1. The maximum Gasteiger partial charge on any atom is 0.158 e. The first-order chi connectivity index (χ1) is 11.1. The molecule has 1 fully saturated rings. The van der Waals surface area contributed by atoms with Gasteiger partial charge < -0.3 is 9.67 Å². The summed E-state index contributed by atoms with van der Waals surface area (Å²) in [7, 11) is 1.92. The first-order valence-electron chi connectivity index (χ1n) is 7.73. The van der Waals surface area contributed by atoms with E-state index in [1.807, 2.05) is 29.8 Å². The molecule has 1 N–H and O–H groups in total. The zero-order valence-electron chi connectivity index (χ0n) is 13.0. The molecule has 0 aliphatic carbocycles. The van der Waals surface area contributed by atoms with Gasteiger partial charge in [0.25, 0.3) is 0 Å². The highest BCUT2D eigenvalue weighted by Crippen LogP contribution is 2.28. The van der Waals surface area contributed by atoms with Gasteiger partial charge in [0, 0.05) is 26.1 Å². The predicted molar refractivity (Wildman–Crippen MR) is 90.6 cm³/mol. The van der Waals surface area contributed by atoms with Crippen molar-refractivity contribution in [2.75, 3.05) is 13.1 Å². The smallest absolute Gasteiger partial charge is 0.158 e. The van der Waals surface area contributed by atoms with Gasteiger partial charge in [-0.3, -0.25) is 4.90 Å². The van der Waals surface area contributed by atoms with Gasteiger partial charge in [0.2, 0.25) is 0 Å². The van der Waals surface area contributed by atoms with Gasteiger partial charge in [-0.2, -0.15) is 0 Å². The molecule has 23 heavy (non-hydrogen) atoms. The van der Waals surface area contributed by atoms with Crippen LogP contribution in [0.5, 0.6) is 0 Å². The number of piperidine rings is 1. The molecule has 1 aromatic carbocycles. The molecule has 1 unspecified atom stereocenters. The van der Waals surface area contributed by atoms with E-state index in [0.29, 0.717) is 21.8 Å². The number of aliphatic hydroxyl groups is 1. The molecule has 1 aliphatic heterocycles. The van der Waals surface area contributed by atoms with Crippen molar-refractivity contribution in [3.05, 3.63) is 45.5 Å². The largest absolute Gasteiger partial charge is 0.388 e. The van der Waals surface area contributed by atoms with Crippen LogP contribution >= 0.6 is 23.2 Å². The third-order valence-corrected chi connectivity index (χ3v) is 5.14. The topological polar surface area (TPSA) is 54.2 Å². The lowest BCUT2D eigenvalue weighted by molar-refractivity contribution is 0.194. The second kappa shape index (κ2) is 7.18. The zero-order chi connectivity index (χ0) is 16.4. The fourth-order valence-electron chi connectivity index (χ4n) is 3.17. The predicted octanol–water partition coefficient (Wildman–Crippen LogP) is 2.99. The Kier molecular flexibility index (Phi) is 5.21. The molecule has 1 saturated heterocycles. The molecule has 2 heterocycles. The summed E-state index contributed by atoms with van der Waals surface area (Å²) in [6.45, 7) is 2.75. The first kappa shape index (κ1) is 16.7. The van der Waals surface area contributed by atoms with Gasteiger partial charge in [-0.25, -0.2) is 0 Å². The summed E-state index contributed by atoms with van der Waals surface area (Å²) in [5.74, 6) is 1.90. The van der Waals surface area contributed by atoms with Crippen LogP contribution in [0.15, 0.2) is 18.2 Å². The van der Waals surface area contributed by atoms with E-state index in [9.17, 15) is 5.11 Å². The van der Waals surface area contributed by atoms with Crippen molar-refractivity contribution in [2.24, 2.45) is 7.05 Å². The summed E-state index contributed by atoms with van der Waals surface area (Å²) < 4.78 is 1.91. The highest BCUT2D eigenvalue weighted by molar-refractivity contribution is 6.42. The number of aliphatic hydroxyl groups excluding tert-OH is 1. The van der Waals surface area contributed by atoms with Crippen LogP contribution in [0.3, 0.4) is 0 Å². The van der Waals surface area contributed by atoms with Crippen LogP contribution in [0, 0.1) is 0 Å². The van der Waals surface area contributed by atoms with E-state index in [1.165, 1.54) is 0 Å². The van der Waals surface area contributed by atoms with E-state index in [0.717, 1.165) is 43.9 Å². The Morgan fingerprint density at radius 3 is 2.78 bits per heavy atom. The standard InChI is InChI=1S/C16H20Cl2N4O/c1-21-15(10-23)19-20-16(21)12-3-2-6-22(9-12)8-11-4-5-13(17)14(18)7-11/h4-5,7,12,23H,2-3,6,8-10H2,1H3. The molecule has 7 heteroatoms. The van der Waals surface area contributed by atoms with Crippen molar-refractivity contribution in [1.29, 1.82) is 0 Å². The van der Waals surface area contributed by atoms with Crippen molar-refractivity contribution in [1.82, 2.24) is 19.7 Å². The summed E-state index contributed by atoms with van der Waals surface area (Å²) in [6.07, 6.45) is 2.21. The Labute approximate surface area is 145 Å². The van der Waals surface area contributed by atoms with Gasteiger partial charge in [0.1, 0.15) is 12.4 Å². The highest BCUT2D eigenvalue weighted by Gasteiger charge is 2.25.